The summed E-state index contributed by atoms with van der Waals surface area (Å²) in [6.45, 7) is 10.6. The number of nitrogens with zero attached hydrogens (tertiary/aromatic N) is 1. The van der Waals surface area contributed by atoms with Crippen molar-refractivity contribution in [2.24, 2.45) is 0 Å². The van der Waals surface area contributed by atoms with Crippen molar-refractivity contribution in [1.29, 1.82) is 0 Å². The van der Waals surface area contributed by atoms with Gasteiger partial charge in [-0.3, -0.25) is 0 Å². The largest absolute Gasteiger partial charge is 0.632 e. The van der Waals surface area contributed by atoms with Gasteiger partial charge in [-0.1, -0.05) is 30.3 Å². The van der Waals surface area contributed by atoms with Gasteiger partial charge in [0.2, 0.25) is 0 Å². The van der Waals surface area contributed by atoms with E-state index in [4.69, 9.17) is 0 Å². The Hall–Kier alpha value is -0.860. The van der Waals surface area contributed by atoms with E-state index in [1.54, 1.807) is 0 Å². The summed E-state index contributed by atoms with van der Waals surface area (Å²) >= 11 is 0. The molecule has 0 bridgehead atoms. The summed E-state index contributed by atoms with van der Waals surface area (Å²) in [7, 11) is 0. The minimum Gasteiger partial charge on any atom is -0.632 e. The summed E-state index contributed by atoms with van der Waals surface area (Å²) < 4.78 is -0.184. The van der Waals surface area contributed by atoms with E-state index in [9.17, 15) is 5.21 Å². The summed E-state index contributed by atoms with van der Waals surface area (Å²) in [4.78, 5) is 0. The molecule has 16 heavy (non-hydrogen) atoms. The van der Waals surface area contributed by atoms with Crippen LogP contribution in [0.5, 0.6) is 0 Å². The highest BCUT2D eigenvalue weighted by Crippen LogP contribution is 2.29. The van der Waals surface area contributed by atoms with Crippen LogP contribution in [0.15, 0.2) is 30.3 Å². The summed E-state index contributed by atoms with van der Waals surface area (Å²) in [5.74, 6) is 0. The summed E-state index contributed by atoms with van der Waals surface area (Å²) in [6.07, 6.45) is 0. The standard InChI is InChI=1S/C14H23NO/c1-12(2)15(16,14(3,4)5)11-13-9-7-6-8-10-13/h6-10,12H,11H2,1-5H3. The maximum Gasteiger partial charge on any atom is 0.105 e. The van der Waals surface area contributed by atoms with E-state index in [0.29, 0.717) is 6.54 Å². The highest BCUT2D eigenvalue weighted by atomic mass is 16.6. The Labute approximate surface area is 99.1 Å². The summed E-state index contributed by atoms with van der Waals surface area (Å²) in [6, 6.07) is 10.1. The number of hydroxylamine groups is 3. The maximum atomic E-state index is 12.9. The second kappa shape index (κ2) is 4.56. The Kier molecular flexibility index (Phi) is 3.76. The number of hydrogen-bond donors (Lipinski definition) is 0. The van der Waals surface area contributed by atoms with Crippen molar-refractivity contribution in [2.75, 3.05) is 0 Å². The molecule has 0 saturated carbocycles. The molecule has 1 atom stereocenters. The molecule has 0 radical (unpaired) electrons. The van der Waals surface area contributed by atoms with E-state index in [1.165, 1.54) is 0 Å². The lowest BCUT2D eigenvalue weighted by atomic mass is 10.0. The molecule has 0 aliphatic rings. The lowest BCUT2D eigenvalue weighted by Crippen LogP contribution is -2.59. The van der Waals surface area contributed by atoms with Crippen molar-refractivity contribution in [3.8, 4) is 0 Å². The van der Waals surface area contributed by atoms with Crippen molar-refractivity contribution < 1.29 is 4.65 Å². The number of benzene rings is 1. The molecule has 0 aromatic heterocycles. The SMILES string of the molecule is CC(C)[N+]([O-])(Cc1ccccc1)C(C)(C)C. The highest BCUT2D eigenvalue weighted by Gasteiger charge is 2.35. The van der Waals surface area contributed by atoms with E-state index in [0.717, 1.165) is 5.56 Å². The van der Waals surface area contributed by atoms with Crippen LogP contribution < -0.4 is 0 Å². The zero-order valence-electron chi connectivity index (χ0n) is 11.0. The van der Waals surface area contributed by atoms with Gasteiger partial charge in [-0.05, 0) is 34.6 Å². The molecule has 0 aliphatic heterocycles. The maximum absolute atomic E-state index is 12.9. The molecule has 1 unspecified atom stereocenters. The van der Waals surface area contributed by atoms with E-state index >= 15 is 0 Å². The van der Waals surface area contributed by atoms with Gasteiger partial charge in [0.05, 0.1) is 11.6 Å². The molecule has 0 N–H and O–H groups in total. The average Bonchev–Trinajstić information content (AvgIpc) is 2.17. The molecule has 1 aromatic carbocycles. The minimum atomic E-state index is -0.288. The van der Waals surface area contributed by atoms with E-state index < -0.39 is 0 Å². The topological polar surface area (TPSA) is 23.1 Å². The zero-order valence-corrected chi connectivity index (χ0v) is 11.0. The fourth-order valence-corrected chi connectivity index (χ4v) is 2.05. The molecule has 0 heterocycles. The third-order valence-corrected chi connectivity index (χ3v) is 3.23. The van der Waals surface area contributed by atoms with Gasteiger partial charge in [0.25, 0.3) is 0 Å². The van der Waals surface area contributed by atoms with Gasteiger partial charge in [-0.15, -0.1) is 0 Å². The molecule has 0 saturated heterocycles. The third kappa shape index (κ3) is 2.63. The highest BCUT2D eigenvalue weighted by molar-refractivity contribution is 5.13. The molecule has 90 valence electrons. The second-order valence-corrected chi connectivity index (χ2v) is 5.70. The smallest absolute Gasteiger partial charge is 0.105 e. The first-order chi connectivity index (χ1) is 7.27. The molecule has 1 aromatic rings. The van der Waals surface area contributed by atoms with E-state index in [-0.39, 0.29) is 16.2 Å². The van der Waals surface area contributed by atoms with Crippen LogP contribution in [0.3, 0.4) is 0 Å². The predicted molar refractivity (Wildman–Crippen MR) is 68.7 cm³/mol. The fourth-order valence-electron chi connectivity index (χ4n) is 2.05. The Bertz CT molecular complexity index is 326. The summed E-state index contributed by atoms with van der Waals surface area (Å²) in [5.41, 5.74) is 0.824. The Balaban J connectivity index is 2.98. The van der Waals surface area contributed by atoms with Crippen LogP contribution in [0.2, 0.25) is 0 Å². The lowest BCUT2D eigenvalue weighted by Gasteiger charge is -2.56. The van der Waals surface area contributed by atoms with Crippen LogP contribution in [0.1, 0.15) is 40.2 Å². The molecule has 2 heteroatoms. The summed E-state index contributed by atoms with van der Waals surface area (Å²) in [5, 5.41) is 12.9. The predicted octanol–water partition coefficient (Wildman–Crippen LogP) is 3.71. The van der Waals surface area contributed by atoms with Crippen molar-refractivity contribution in [2.45, 2.75) is 52.7 Å². The number of quaternary nitrogens is 1. The Morgan fingerprint density at radius 3 is 2.00 bits per heavy atom. The van der Waals surface area contributed by atoms with Gasteiger partial charge in [0.1, 0.15) is 6.54 Å². The molecular formula is C14H23NO. The van der Waals surface area contributed by atoms with Gasteiger partial charge in [-0.2, -0.15) is 0 Å². The van der Waals surface area contributed by atoms with Crippen molar-refractivity contribution >= 4 is 0 Å². The quantitative estimate of drug-likeness (QED) is 0.563. The van der Waals surface area contributed by atoms with Gasteiger partial charge in [0.15, 0.2) is 0 Å². The normalized spacial score (nSPS) is 16.2. The first-order valence-electron chi connectivity index (χ1n) is 5.90. The van der Waals surface area contributed by atoms with Gasteiger partial charge in [0, 0.05) is 5.56 Å². The first-order valence-corrected chi connectivity index (χ1v) is 5.90. The average molecular weight is 221 g/mol. The third-order valence-electron chi connectivity index (χ3n) is 3.23. The Morgan fingerprint density at radius 1 is 1.12 bits per heavy atom. The Morgan fingerprint density at radius 2 is 1.62 bits per heavy atom. The van der Waals surface area contributed by atoms with Crippen molar-refractivity contribution in [1.82, 2.24) is 0 Å². The van der Waals surface area contributed by atoms with Crippen LogP contribution in [0.4, 0.5) is 0 Å². The molecule has 2 nitrogen and oxygen atoms in total. The monoisotopic (exact) mass is 221 g/mol. The van der Waals surface area contributed by atoms with Crippen LogP contribution >= 0.6 is 0 Å². The van der Waals surface area contributed by atoms with Crippen molar-refractivity contribution in [3.05, 3.63) is 41.1 Å². The van der Waals surface area contributed by atoms with Gasteiger partial charge in [-0.25, -0.2) is 0 Å². The van der Waals surface area contributed by atoms with Crippen molar-refractivity contribution in [3.63, 3.8) is 0 Å². The second-order valence-electron chi connectivity index (χ2n) is 5.70. The van der Waals surface area contributed by atoms with Crippen LogP contribution in [-0.2, 0) is 6.54 Å². The molecular weight excluding hydrogens is 198 g/mol. The van der Waals surface area contributed by atoms with Gasteiger partial charge >= 0.3 is 0 Å². The molecule has 1 rings (SSSR count). The van der Waals surface area contributed by atoms with Crippen LogP contribution in [0.25, 0.3) is 0 Å². The number of rotatable bonds is 3. The fraction of sp³-hybridized carbons (Fsp3) is 0.571. The zero-order chi connectivity index (χ0) is 12.4. The van der Waals surface area contributed by atoms with Crippen LogP contribution in [-0.4, -0.2) is 16.2 Å². The molecule has 0 spiro atoms. The van der Waals surface area contributed by atoms with Crippen LogP contribution in [0, 0.1) is 5.21 Å². The van der Waals surface area contributed by atoms with Gasteiger partial charge < -0.3 is 9.85 Å². The number of hydrogen-bond acceptors (Lipinski definition) is 1. The van der Waals surface area contributed by atoms with E-state index in [1.807, 2.05) is 65.0 Å². The lowest BCUT2D eigenvalue weighted by molar-refractivity contribution is -0.957. The first kappa shape index (κ1) is 13.2. The molecule has 0 aliphatic carbocycles. The molecule has 0 fully saturated rings. The van der Waals surface area contributed by atoms with E-state index in [2.05, 4.69) is 0 Å². The minimum absolute atomic E-state index is 0.0696. The molecule has 0 amide bonds.